The van der Waals surface area contributed by atoms with Crippen molar-refractivity contribution in [3.05, 3.63) is 60.7 Å². The van der Waals surface area contributed by atoms with Gasteiger partial charge < -0.3 is 28.4 Å². The minimum Gasteiger partial charge on any atom is -1.00 e. The quantitative estimate of drug-likeness (QED) is 0.423. The van der Waals surface area contributed by atoms with E-state index < -0.39 is 0 Å². The molecular formula is C15H15IN2. The highest BCUT2D eigenvalue weighted by Gasteiger charge is 2.07. The van der Waals surface area contributed by atoms with Gasteiger partial charge in [0.2, 0.25) is 0 Å². The zero-order valence-electron chi connectivity index (χ0n) is 10.5. The molecule has 0 saturated carbocycles. The lowest BCUT2D eigenvalue weighted by Crippen LogP contribution is -3.00. The second-order valence-electron chi connectivity index (χ2n) is 4.44. The van der Waals surface area contributed by atoms with E-state index in [-0.39, 0.29) is 24.0 Å². The van der Waals surface area contributed by atoms with Crippen LogP contribution >= 0.6 is 0 Å². The van der Waals surface area contributed by atoms with Gasteiger partial charge in [0, 0.05) is 18.7 Å². The fraction of sp³-hybridized carbons (Fsp3) is 0.133. The average molecular weight is 350 g/mol. The fourth-order valence-corrected chi connectivity index (χ4v) is 2.09. The standard InChI is InChI=1S/C15H15N2.HI/c1-12-9-17-10-14(8-15(17)11-16(12)2)13-6-4-3-5-7-13;/h3-11H,1-2H3;1H/q+1;/p-1. The van der Waals surface area contributed by atoms with Crippen LogP contribution in [0.15, 0.2) is 55.0 Å². The van der Waals surface area contributed by atoms with E-state index in [1.54, 1.807) is 0 Å². The zero-order chi connectivity index (χ0) is 11.8. The Bertz CT molecular complexity index is 633. The second kappa shape index (κ2) is 5.10. The molecule has 2 aromatic heterocycles. The maximum absolute atomic E-state index is 2.22. The monoisotopic (exact) mass is 350 g/mol. The molecule has 0 aliphatic carbocycles. The third-order valence-electron chi connectivity index (χ3n) is 3.20. The van der Waals surface area contributed by atoms with E-state index in [0.29, 0.717) is 0 Å². The number of aryl methyl sites for hydroxylation is 2. The van der Waals surface area contributed by atoms with Crippen LogP contribution < -0.4 is 28.5 Å². The van der Waals surface area contributed by atoms with Gasteiger partial charge >= 0.3 is 0 Å². The molecule has 0 atom stereocenters. The highest BCUT2D eigenvalue weighted by atomic mass is 127. The third-order valence-corrected chi connectivity index (χ3v) is 3.20. The number of fused-ring (bicyclic) bond motifs is 1. The Labute approximate surface area is 124 Å². The number of hydrogen-bond acceptors (Lipinski definition) is 0. The smallest absolute Gasteiger partial charge is 0.194 e. The van der Waals surface area contributed by atoms with E-state index in [4.69, 9.17) is 0 Å². The first kappa shape index (κ1) is 13.1. The molecule has 0 saturated heterocycles. The van der Waals surface area contributed by atoms with Gasteiger partial charge in [0.15, 0.2) is 11.9 Å². The van der Waals surface area contributed by atoms with Crippen molar-refractivity contribution < 1.29 is 28.5 Å². The molecule has 18 heavy (non-hydrogen) atoms. The Morgan fingerprint density at radius 1 is 1.00 bits per heavy atom. The van der Waals surface area contributed by atoms with Crippen LogP contribution in [0.1, 0.15) is 5.69 Å². The largest absolute Gasteiger partial charge is 1.00 e. The van der Waals surface area contributed by atoms with Crippen LogP contribution in [0, 0.1) is 6.92 Å². The number of rotatable bonds is 1. The normalized spacial score (nSPS) is 10.3. The van der Waals surface area contributed by atoms with Crippen molar-refractivity contribution >= 4 is 5.52 Å². The van der Waals surface area contributed by atoms with Gasteiger partial charge in [-0.15, -0.1) is 0 Å². The minimum absolute atomic E-state index is 0. The number of nitrogens with zero attached hydrogens (tertiary/aromatic N) is 2. The average Bonchev–Trinajstić information content (AvgIpc) is 2.74. The van der Waals surface area contributed by atoms with Gasteiger partial charge in [-0.25, -0.2) is 4.57 Å². The van der Waals surface area contributed by atoms with E-state index in [9.17, 15) is 0 Å². The third kappa shape index (κ3) is 2.27. The van der Waals surface area contributed by atoms with Gasteiger partial charge in [-0.2, -0.15) is 0 Å². The molecule has 3 rings (SSSR count). The summed E-state index contributed by atoms with van der Waals surface area (Å²) >= 11 is 0. The molecule has 3 aromatic rings. The van der Waals surface area contributed by atoms with Gasteiger partial charge in [-0.3, -0.25) is 0 Å². The molecule has 1 aromatic carbocycles. The van der Waals surface area contributed by atoms with Crippen molar-refractivity contribution in [1.82, 2.24) is 4.40 Å². The molecule has 0 radical (unpaired) electrons. The van der Waals surface area contributed by atoms with Crippen LogP contribution in [0.2, 0.25) is 0 Å². The molecular weight excluding hydrogens is 335 g/mol. The van der Waals surface area contributed by atoms with Crippen LogP contribution in [-0.4, -0.2) is 4.40 Å². The van der Waals surface area contributed by atoms with Crippen LogP contribution in [-0.2, 0) is 7.05 Å². The molecule has 0 unspecified atom stereocenters. The van der Waals surface area contributed by atoms with Crippen molar-refractivity contribution in [1.29, 1.82) is 0 Å². The molecule has 0 fully saturated rings. The maximum Gasteiger partial charge on any atom is 0.194 e. The summed E-state index contributed by atoms with van der Waals surface area (Å²) in [5.41, 5.74) is 4.98. The Kier molecular flexibility index (Phi) is 3.71. The van der Waals surface area contributed by atoms with Gasteiger partial charge in [-0.1, -0.05) is 30.3 Å². The molecule has 0 aliphatic rings. The summed E-state index contributed by atoms with van der Waals surface area (Å²) in [7, 11) is 2.07. The second-order valence-corrected chi connectivity index (χ2v) is 4.44. The van der Waals surface area contributed by atoms with E-state index in [1.807, 2.05) is 6.07 Å². The lowest BCUT2D eigenvalue weighted by Gasteiger charge is -1.95. The number of halogens is 1. The summed E-state index contributed by atoms with van der Waals surface area (Å²) < 4.78 is 4.32. The highest BCUT2D eigenvalue weighted by Crippen LogP contribution is 2.21. The number of aromatic nitrogens is 2. The summed E-state index contributed by atoms with van der Waals surface area (Å²) in [6.07, 6.45) is 6.49. The van der Waals surface area contributed by atoms with Crippen LogP contribution in [0.4, 0.5) is 0 Å². The summed E-state index contributed by atoms with van der Waals surface area (Å²) in [4.78, 5) is 0. The molecule has 2 nitrogen and oxygen atoms in total. The Morgan fingerprint density at radius 2 is 1.72 bits per heavy atom. The van der Waals surface area contributed by atoms with Crippen molar-refractivity contribution in [2.45, 2.75) is 6.92 Å². The molecule has 2 heterocycles. The van der Waals surface area contributed by atoms with Crippen molar-refractivity contribution in [3.8, 4) is 11.1 Å². The zero-order valence-corrected chi connectivity index (χ0v) is 12.6. The molecule has 0 aliphatic heterocycles. The summed E-state index contributed by atoms with van der Waals surface area (Å²) in [6, 6.07) is 12.7. The Hall–Kier alpha value is -1.36. The number of benzene rings is 1. The van der Waals surface area contributed by atoms with Crippen LogP contribution in [0.25, 0.3) is 16.6 Å². The van der Waals surface area contributed by atoms with Crippen molar-refractivity contribution in [2.24, 2.45) is 7.05 Å². The number of hydrogen-bond donors (Lipinski definition) is 0. The van der Waals surface area contributed by atoms with Crippen LogP contribution in [0.3, 0.4) is 0 Å². The Balaban J connectivity index is 0.00000120. The van der Waals surface area contributed by atoms with E-state index in [0.717, 1.165) is 0 Å². The van der Waals surface area contributed by atoms with E-state index in [1.165, 1.54) is 22.3 Å². The predicted octanol–water partition coefficient (Wildman–Crippen LogP) is -0.257. The van der Waals surface area contributed by atoms with Gasteiger partial charge in [0.1, 0.15) is 12.6 Å². The first-order valence-corrected chi connectivity index (χ1v) is 5.77. The lowest BCUT2D eigenvalue weighted by atomic mass is 10.1. The van der Waals surface area contributed by atoms with Gasteiger partial charge in [0.25, 0.3) is 0 Å². The maximum atomic E-state index is 2.22. The summed E-state index contributed by atoms with van der Waals surface area (Å²) in [6.45, 7) is 2.11. The highest BCUT2D eigenvalue weighted by molar-refractivity contribution is 5.69. The fourth-order valence-electron chi connectivity index (χ4n) is 2.09. The topological polar surface area (TPSA) is 8.29 Å². The molecule has 92 valence electrons. The lowest BCUT2D eigenvalue weighted by molar-refractivity contribution is -0.677. The van der Waals surface area contributed by atoms with Crippen LogP contribution in [0.5, 0.6) is 0 Å². The molecule has 0 bridgehead atoms. The van der Waals surface area contributed by atoms with Gasteiger partial charge in [0.05, 0.1) is 6.20 Å². The summed E-state index contributed by atoms with van der Waals surface area (Å²) in [5, 5.41) is 0. The SMILES string of the molecule is Cc1cn2cc(-c3ccccc3)cc2c[n+]1C.[I-]. The minimum atomic E-state index is 0. The molecule has 0 amide bonds. The predicted molar refractivity (Wildman–Crippen MR) is 68.7 cm³/mol. The molecule has 3 heteroatoms. The van der Waals surface area contributed by atoms with E-state index >= 15 is 0 Å². The first-order valence-electron chi connectivity index (χ1n) is 5.77. The molecule has 0 spiro atoms. The Morgan fingerprint density at radius 3 is 2.44 bits per heavy atom. The van der Waals surface area contributed by atoms with Crippen molar-refractivity contribution in [3.63, 3.8) is 0 Å². The summed E-state index contributed by atoms with van der Waals surface area (Å²) in [5.74, 6) is 0. The first-order chi connectivity index (χ1) is 8.24. The molecule has 0 N–H and O–H groups in total. The van der Waals surface area contributed by atoms with Crippen molar-refractivity contribution in [2.75, 3.05) is 0 Å². The van der Waals surface area contributed by atoms with Gasteiger partial charge in [-0.05, 0) is 11.6 Å². The van der Waals surface area contributed by atoms with E-state index in [2.05, 4.69) is 71.9 Å².